The Hall–Kier alpha value is -1.03. The second kappa shape index (κ2) is 6.43. The minimum absolute atomic E-state index is 0.299. The van der Waals surface area contributed by atoms with Crippen LogP contribution in [-0.4, -0.2) is 5.78 Å². The van der Waals surface area contributed by atoms with E-state index in [-0.39, 0.29) is 0 Å². The summed E-state index contributed by atoms with van der Waals surface area (Å²) in [5.41, 5.74) is 0.938. The molecule has 0 spiro atoms. The molecule has 0 saturated heterocycles. The maximum Gasteiger partial charge on any atom is 0.159 e. The zero-order chi connectivity index (χ0) is 10.2. The molecule has 0 aromatic heterocycles. The van der Waals surface area contributed by atoms with Gasteiger partial charge < -0.3 is 0 Å². The Balaban J connectivity index is 2.26. The van der Waals surface area contributed by atoms with Crippen molar-refractivity contribution in [3.05, 3.63) is 11.6 Å². The molecule has 0 aliphatic heterocycles. The van der Waals surface area contributed by atoms with Crippen LogP contribution in [-0.2, 0) is 4.79 Å². The molecule has 1 aliphatic carbocycles. The van der Waals surface area contributed by atoms with Gasteiger partial charge in [-0.05, 0) is 25.3 Å². The molecule has 0 N–H and O–H groups in total. The first kappa shape index (κ1) is 11.0. The molecule has 1 fully saturated rings. The Morgan fingerprint density at radius 1 is 1.36 bits per heavy atom. The fourth-order valence-corrected chi connectivity index (χ4v) is 1.57. The smallest absolute Gasteiger partial charge is 0.159 e. The molecule has 1 heteroatoms. The van der Waals surface area contributed by atoms with Crippen LogP contribution in [0.5, 0.6) is 0 Å². The second-order valence-corrected chi connectivity index (χ2v) is 3.72. The minimum Gasteiger partial charge on any atom is -0.295 e. The zero-order valence-corrected chi connectivity index (χ0v) is 8.94. The molecule has 0 aromatic carbocycles. The molecule has 1 saturated carbocycles. The van der Waals surface area contributed by atoms with Crippen molar-refractivity contribution >= 4 is 5.78 Å². The van der Waals surface area contributed by atoms with Crippen LogP contribution in [0.2, 0.25) is 0 Å². The maximum absolute atomic E-state index is 11.2. The molecule has 14 heavy (non-hydrogen) atoms. The first-order chi connectivity index (χ1) is 6.84. The van der Waals surface area contributed by atoms with Gasteiger partial charge in [0.05, 0.1) is 0 Å². The molecule has 1 aliphatic rings. The number of carbonyl (C=O) groups excluding carboxylic acids is 1. The number of allylic oxidation sites excluding steroid dienone is 2. The van der Waals surface area contributed by atoms with Crippen molar-refractivity contribution in [3.63, 3.8) is 0 Å². The van der Waals surface area contributed by atoms with Crippen molar-refractivity contribution in [3.8, 4) is 11.8 Å². The lowest BCUT2D eigenvalue weighted by atomic mass is 10.2. The van der Waals surface area contributed by atoms with Crippen molar-refractivity contribution in [2.75, 3.05) is 0 Å². The van der Waals surface area contributed by atoms with E-state index in [0.717, 1.165) is 31.3 Å². The van der Waals surface area contributed by atoms with Crippen molar-refractivity contribution in [2.24, 2.45) is 0 Å². The van der Waals surface area contributed by atoms with E-state index in [1.54, 1.807) is 0 Å². The first-order valence-corrected chi connectivity index (χ1v) is 5.55. The van der Waals surface area contributed by atoms with Gasteiger partial charge in [0.15, 0.2) is 5.78 Å². The van der Waals surface area contributed by atoms with Crippen LogP contribution in [0.15, 0.2) is 11.6 Å². The van der Waals surface area contributed by atoms with E-state index < -0.39 is 0 Å². The van der Waals surface area contributed by atoms with E-state index in [4.69, 9.17) is 0 Å². The lowest BCUT2D eigenvalue weighted by molar-refractivity contribution is -0.114. The number of ketones is 1. The van der Waals surface area contributed by atoms with Crippen LogP contribution in [0.25, 0.3) is 0 Å². The summed E-state index contributed by atoms with van der Waals surface area (Å²) >= 11 is 0. The van der Waals surface area contributed by atoms with Gasteiger partial charge >= 0.3 is 0 Å². The van der Waals surface area contributed by atoms with Crippen molar-refractivity contribution in [2.45, 2.75) is 51.9 Å². The van der Waals surface area contributed by atoms with Crippen LogP contribution in [0, 0.1) is 11.8 Å². The number of rotatable bonds is 3. The van der Waals surface area contributed by atoms with E-state index in [2.05, 4.69) is 18.8 Å². The third kappa shape index (κ3) is 3.79. The van der Waals surface area contributed by atoms with Crippen molar-refractivity contribution < 1.29 is 4.79 Å². The molecule has 0 amide bonds. The summed E-state index contributed by atoms with van der Waals surface area (Å²) in [6.45, 7) is 2.19. The van der Waals surface area contributed by atoms with Gasteiger partial charge in [0.25, 0.3) is 0 Å². The predicted octanol–water partition coefficient (Wildman–Crippen LogP) is 3.25. The van der Waals surface area contributed by atoms with E-state index >= 15 is 0 Å². The lowest BCUT2D eigenvalue weighted by Gasteiger charge is -1.88. The minimum atomic E-state index is 0.299. The fourth-order valence-electron chi connectivity index (χ4n) is 1.57. The third-order valence-corrected chi connectivity index (χ3v) is 2.46. The highest BCUT2D eigenvalue weighted by Gasteiger charge is 2.15. The van der Waals surface area contributed by atoms with E-state index in [1.165, 1.54) is 19.3 Å². The van der Waals surface area contributed by atoms with Crippen LogP contribution >= 0.6 is 0 Å². The van der Waals surface area contributed by atoms with E-state index in [9.17, 15) is 4.79 Å². The Bertz CT molecular complexity index is 275. The van der Waals surface area contributed by atoms with Gasteiger partial charge in [-0.15, -0.1) is 0 Å². The van der Waals surface area contributed by atoms with Gasteiger partial charge in [-0.3, -0.25) is 4.79 Å². The molecule has 0 unspecified atom stereocenters. The highest BCUT2D eigenvalue weighted by Crippen LogP contribution is 2.19. The summed E-state index contributed by atoms with van der Waals surface area (Å²) in [4.78, 5) is 11.2. The SMILES string of the molecule is CCCCCC#C/C=C1/CCCC1=O. The van der Waals surface area contributed by atoms with E-state index in [1.807, 2.05) is 6.08 Å². The number of Topliss-reactive ketones (excluding diaryl/α,β-unsaturated/α-hetero) is 1. The van der Waals surface area contributed by atoms with E-state index in [0.29, 0.717) is 5.78 Å². The Morgan fingerprint density at radius 3 is 2.86 bits per heavy atom. The lowest BCUT2D eigenvalue weighted by Crippen LogP contribution is -1.89. The highest BCUT2D eigenvalue weighted by molar-refractivity contribution is 5.97. The number of unbranched alkanes of at least 4 members (excludes halogenated alkanes) is 3. The predicted molar refractivity (Wildman–Crippen MR) is 58.9 cm³/mol. The second-order valence-electron chi connectivity index (χ2n) is 3.72. The Morgan fingerprint density at radius 2 is 2.21 bits per heavy atom. The van der Waals surface area contributed by atoms with Crippen LogP contribution in [0.1, 0.15) is 51.9 Å². The molecule has 1 nitrogen and oxygen atoms in total. The summed E-state index contributed by atoms with van der Waals surface area (Å²) in [7, 11) is 0. The molecule has 76 valence electrons. The highest BCUT2D eigenvalue weighted by atomic mass is 16.1. The van der Waals surface area contributed by atoms with Gasteiger partial charge in [-0.1, -0.05) is 31.6 Å². The van der Waals surface area contributed by atoms with Crippen LogP contribution in [0.3, 0.4) is 0 Å². The maximum atomic E-state index is 11.2. The summed E-state index contributed by atoms with van der Waals surface area (Å²) in [6.07, 6.45) is 9.13. The monoisotopic (exact) mass is 190 g/mol. The van der Waals surface area contributed by atoms with Crippen molar-refractivity contribution in [1.29, 1.82) is 0 Å². The van der Waals surface area contributed by atoms with Gasteiger partial charge in [0, 0.05) is 18.4 Å². The Labute approximate surface area is 86.6 Å². The number of carbonyl (C=O) groups is 1. The quantitative estimate of drug-likeness (QED) is 0.379. The topological polar surface area (TPSA) is 17.1 Å². The standard InChI is InChI=1S/C13H18O/c1-2-3-4-5-6-7-9-12-10-8-11-13(12)14/h9H,2-5,8,10-11H2,1H3/b12-9-. The zero-order valence-electron chi connectivity index (χ0n) is 8.94. The van der Waals surface area contributed by atoms with Crippen LogP contribution < -0.4 is 0 Å². The molecule has 0 bridgehead atoms. The largest absolute Gasteiger partial charge is 0.295 e. The van der Waals surface area contributed by atoms with Crippen LogP contribution in [0.4, 0.5) is 0 Å². The molecule has 0 atom stereocenters. The van der Waals surface area contributed by atoms with Gasteiger partial charge in [-0.2, -0.15) is 0 Å². The number of hydrogen-bond acceptors (Lipinski definition) is 1. The molecule has 1 rings (SSSR count). The first-order valence-electron chi connectivity index (χ1n) is 5.55. The van der Waals surface area contributed by atoms with Crippen molar-refractivity contribution in [1.82, 2.24) is 0 Å². The fraction of sp³-hybridized carbons (Fsp3) is 0.615. The third-order valence-electron chi connectivity index (χ3n) is 2.46. The van der Waals surface area contributed by atoms with Gasteiger partial charge in [0.2, 0.25) is 0 Å². The summed E-state index contributed by atoms with van der Waals surface area (Å²) in [5, 5.41) is 0. The molecular weight excluding hydrogens is 172 g/mol. The average Bonchev–Trinajstić information content (AvgIpc) is 2.58. The molecule has 0 radical (unpaired) electrons. The summed E-state index contributed by atoms with van der Waals surface area (Å²) in [6, 6.07) is 0. The number of hydrogen-bond donors (Lipinski definition) is 0. The Kier molecular flexibility index (Phi) is 5.07. The molecular formula is C13H18O. The van der Waals surface area contributed by atoms with Gasteiger partial charge in [-0.25, -0.2) is 0 Å². The summed E-state index contributed by atoms with van der Waals surface area (Å²) in [5.74, 6) is 6.37. The molecule has 0 heterocycles. The van der Waals surface area contributed by atoms with Gasteiger partial charge in [0.1, 0.15) is 0 Å². The summed E-state index contributed by atoms with van der Waals surface area (Å²) < 4.78 is 0. The molecule has 0 aromatic rings. The average molecular weight is 190 g/mol. The normalized spacial score (nSPS) is 18.4.